The third kappa shape index (κ3) is 4.50. The van der Waals surface area contributed by atoms with Crippen molar-refractivity contribution in [2.24, 2.45) is 0 Å². The maximum atomic E-state index is 12.3. The molecule has 1 heterocycles. The summed E-state index contributed by atoms with van der Waals surface area (Å²) in [6.07, 6.45) is 1.61. The smallest absolute Gasteiger partial charge is 0.274 e. The summed E-state index contributed by atoms with van der Waals surface area (Å²) in [7, 11) is 0. The molecular weight excluding hydrogens is 336 g/mol. The first-order chi connectivity index (χ1) is 13.1. The second-order valence-electron chi connectivity index (χ2n) is 6.45. The monoisotopic (exact) mass is 356 g/mol. The van der Waals surface area contributed by atoms with Crippen LogP contribution < -0.4 is 10.6 Å². The van der Waals surface area contributed by atoms with Crippen molar-refractivity contribution in [1.82, 2.24) is 4.98 Å². The van der Waals surface area contributed by atoms with Crippen molar-refractivity contribution in [3.8, 4) is 6.07 Å². The highest BCUT2D eigenvalue weighted by Gasteiger charge is 2.10. The van der Waals surface area contributed by atoms with Crippen LogP contribution in [0.4, 0.5) is 17.1 Å². The maximum Gasteiger partial charge on any atom is 0.274 e. The van der Waals surface area contributed by atoms with Gasteiger partial charge in [0.05, 0.1) is 23.1 Å². The number of carbonyl (C=O) groups is 1. The Morgan fingerprint density at radius 1 is 1.00 bits per heavy atom. The van der Waals surface area contributed by atoms with Crippen LogP contribution in [0.5, 0.6) is 0 Å². The second-order valence-corrected chi connectivity index (χ2v) is 6.45. The lowest BCUT2D eigenvalue weighted by Crippen LogP contribution is -2.14. The Labute approximate surface area is 158 Å². The normalized spacial score (nSPS) is 10.3. The number of aromatic nitrogens is 1. The molecule has 3 aromatic rings. The average Bonchev–Trinajstić information content (AvgIpc) is 2.69. The molecule has 0 saturated carbocycles. The molecule has 0 atom stereocenters. The minimum absolute atomic E-state index is 0.281. The Bertz CT molecular complexity index is 970. The van der Waals surface area contributed by atoms with E-state index in [9.17, 15) is 4.79 Å². The SMILES string of the molecule is CC(C)c1ccc(Nc2ccc(C(=O)Nc3ccccc3C#N)nc2)cc1. The zero-order valence-corrected chi connectivity index (χ0v) is 15.2. The molecule has 2 N–H and O–H groups in total. The molecule has 0 aliphatic carbocycles. The number of benzene rings is 2. The molecule has 3 rings (SSSR count). The van der Waals surface area contributed by atoms with E-state index in [0.29, 0.717) is 17.2 Å². The minimum Gasteiger partial charge on any atom is -0.354 e. The van der Waals surface area contributed by atoms with Crippen molar-refractivity contribution < 1.29 is 4.79 Å². The summed E-state index contributed by atoms with van der Waals surface area (Å²) in [4.78, 5) is 16.6. The van der Waals surface area contributed by atoms with Gasteiger partial charge in [0, 0.05) is 5.69 Å². The van der Waals surface area contributed by atoms with Crippen LogP contribution in [0.15, 0.2) is 66.9 Å². The lowest BCUT2D eigenvalue weighted by atomic mass is 10.0. The maximum absolute atomic E-state index is 12.3. The molecule has 0 spiro atoms. The molecular formula is C22H20N4O. The van der Waals surface area contributed by atoms with Gasteiger partial charge < -0.3 is 10.6 Å². The van der Waals surface area contributed by atoms with Crippen LogP contribution >= 0.6 is 0 Å². The number of nitrogens with one attached hydrogen (secondary N) is 2. The third-order valence-corrected chi connectivity index (χ3v) is 4.16. The van der Waals surface area contributed by atoms with Crippen molar-refractivity contribution >= 4 is 23.0 Å². The molecule has 1 amide bonds. The molecule has 0 unspecified atom stereocenters. The number of hydrogen-bond acceptors (Lipinski definition) is 4. The Balaban J connectivity index is 1.67. The summed E-state index contributed by atoms with van der Waals surface area (Å²) in [5, 5.41) is 15.1. The molecule has 2 aromatic carbocycles. The molecule has 27 heavy (non-hydrogen) atoms. The number of pyridine rings is 1. The van der Waals surface area contributed by atoms with Gasteiger partial charge in [-0.3, -0.25) is 4.79 Å². The van der Waals surface area contributed by atoms with Gasteiger partial charge in [0.1, 0.15) is 11.8 Å². The van der Waals surface area contributed by atoms with Gasteiger partial charge in [0.15, 0.2) is 0 Å². The first kappa shape index (κ1) is 18.2. The number of anilines is 3. The van der Waals surface area contributed by atoms with Crippen LogP contribution in [-0.2, 0) is 0 Å². The summed E-state index contributed by atoms with van der Waals surface area (Å²) < 4.78 is 0. The summed E-state index contributed by atoms with van der Waals surface area (Å²) in [6, 6.07) is 20.6. The van der Waals surface area contributed by atoms with Gasteiger partial charge in [-0.1, -0.05) is 38.1 Å². The van der Waals surface area contributed by atoms with Gasteiger partial charge in [-0.25, -0.2) is 4.98 Å². The van der Waals surface area contributed by atoms with Crippen LogP contribution in [0.25, 0.3) is 0 Å². The summed E-state index contributed by atoms with van der Waals surface area (Å²) in [5.74, 6) is 0.134. The van der Waals surface area contributed by atoms with Gasteiger partial charge in [0.25, 0.3) is 5.91 Å². The number of rotatable bonds is 5. The number of para-hydroxylation sites is 1. The van der Waals surface area contributed by atoms with Crippen LogP contribution in [0.1, 0.15) is 41.4 Å². The van der Waals surface area contributed by atoms with E-state index in [2.05, 4.69) is 47.7 Å². The van der Waals surface area contributed by atoms with E-state index in [1.807, 2.05) is 12.1 Å². The fourth-order valence-corrected chi connectivity index (χ4v) is 2.60. The molecule has 0 saturated heterocycles. The standard InChI is InChI=1S/C22H20N4O/c1-15(2)16-7-9-18(10-8-16)25-19-11-12-21(24-14-19)22(27)26-20-6-4-3-5-17(20)13-23/h3-12,14-15,25H,1-2H3,(H,26,27). The molecule has 134 valence electrons. The molecule has 0 aliphatic rings. The zero-order valence-electron chi connectivity index (χ0n) is 15.2. The molecule has 0 radical (unpaired) electrons. The average molecular weight is 356 g/mol. The van der Waals surface area contributed by atoms with Crippen LogP contribution in [-0.4, -0.2) is 10.9 Å². The van der Waals surface area contributed by atoms with Crippen molar-refractivity contribution in [3.05, 3.63) is 83.7 Å². The zero-order chi connectivity index (χ0) is 19.2. The van der Waals surface area contributed by atoms with Gasteiger partial charge in [-0.15, -0.1) is 0 Å². The predicted octanol–water partition coefficient (Wildman–Crippen LogP) is 5.07. The van der Waals surface area contributed by atoms with Crippen LogP contribution in [0.2, 0.25) is 0 Å². The van der Waals surface area contributed by atoms with Crippen molar-refractivity contribution in [2.75, 3.05) is 10.6 Å². The fourth-order valence-electron chi connectivity index (χ4n) is 2.60. The Morgan fingerprint density at radius 2 is 1.70 bits per heavy atom. The highest BCUT2D eigenvalue weighted by atomic mass is 16.1. The highest BCUT2D eigenvalue weighted by molar-refractivity contribution is 6.03. The molecule has 5 nitrogen and oxygen atoms in total. The summed E-state index contributed by atoms with van der Waals surface area (Å²) in [6.45, 7) is 4.32. The van der Waals surface area contributed by atoms with Crippen molar-refractivity contribution in [3.63, 3.8) is 0 Å². The van der Waals surface area contributed by atoms with Crippen LogP contribution in [0.3, 0.4) is 0 Å². The Hall–Kier alpha value is -3.65. The van der Waals surface area contributed by atoms with E-state index in [1.54, 1.807) is 42.6 Å². The number of amides is 1. The molecule has 0 bridgehead atoms. The molecule has 0 fully saturated rings. The van der Waals surface area contributed by atoms with E-state index in [0.717, 1.165) is 11.4 Å². The number of hydrogen-bond donors (Lipinski definition) is 2. The second kappa shape index (κ2) is 8.15. The minimum atomic E-state index is -0.356. The van der Waals surface area contributed by atoms with Gasteiger partial charge in [-0.05, 0) is 47.9 Å². The van der Waals surface area contributed by atoms with Crippen molar-refractivity contribution in [1.29, 1.82) is 5.26 Å². The molecule has 0 aliphatic heterocycles. The van der Waals surface area contributed by atoms with Gasteiger partial charge >= 0.3 is 0 Å². The topological polar surface area (TPSA) is 77.8 Å². The quantitative estimate of drug-likeness (QED) is 0.669. The number of carbonyl (C=O) groups excluding carboxylic acids is 1. The lowest BCUT2D eigenvalue weighted by molar-refractivity contribution is 0.102. The van der Waals surface area contributed by atoms with Crippen molar-refractivity contribution in [2.45, 2.75) is 19.8 Å². The highest BCUT2D eigenvalue weighted by Crippen LogP contribution is 2.20. The summed E-state index contributed by atoms with van der Waals surface area (Å²) >= 11 is 0. The van der Waals surface area contributed by atoms with E-state index in [1.165, 1.54) is 5.56 Å². The Morgan fingerprint density at radius 3 is 2.33 bits per heavy atom. The van der Waals surface area contributed by atoms with E-state index in [-0.39, 0.29) is 11.6 Å². The number of nitriles is 1. The van der Waals surface area contributed by atoms with E-state index in [4.69, 9.17) is 5.26 Å². The van der Waals surface area contributed by atoms with E-state index < -0.39 is 0 Å². The third-order valence-electron chi connectivity index (χ3n) is 4.16. The van der Waals surface area contributed by atoms with Gasteiger partial charge in [0.2, 0.25) is 0 Å². The fraction of sp³-hybridized carbons (Fsp3) is 0.136. The first-order valence-corrected chi connectivity index (χ1v) is 8.70. The largest absolute Gasteiger partial charge is 0.354 e. The van der Waals surface area contributed by atoms with Gasteiger partial charge in [-0.2, -0.15) is 5.26 Å². The molecule has 1 aromatic heterocycles. The predicted molar refractivity (Wildman–Crippen MR) is 107 cm³/mol. The summed E-state index contributed by atoms with van der Waals surface area (Å²) in [5.41, 5.74) is 4.20. The van der Waals surface area contributed by atoms with E-state index >= 15 is 0 Å². The number of nitrogens with zero attached hydrogens (tertiary/aromatic N) is 2. The lowest BCUT2D eigenvalue weighted by Gasteiger charge is -2.10. The van der Waals surface area contributed by atoms with Crippen LogP contribution in [0, 0.1) is 11.3 Å². The Kier molecular flexibility index (Phi) is 5.48. The molecule has 5 heteroatoms. The first-order valence-electron chi connectivity index (χ1n) is 8.70.